The van der Waals surface area contributed by atoms with Gasteiger partial charge in [-0.2, -0.15) is 0 Å². The lowest BCUT2D eigenvalue weighted by Gasteiger charge is -2.30. The quantitative estimate of drug-likeness (QED) is 0.0272. The Hall–Kier alpha value is -0.760. The lowest BCUT2D eigenvalue weighted by molar-refractivity contribution is -0.870. The van der Waals surface area contributed by atoms with Crippen molar-refractivity contribution in [3.63, 3.8) is 0 Å². The van der Waals surface area contributed by atoms with Crippen LogP contribution in [0.25, 0.3) is 0 Å². The summed E-state index contributed by atoms with van der Waals surface area (Å²) in [7, 11) is 1.32. The van der Waals surface area contributed by atoms with E-state index in [9.17, 15) is 19.4 Å². The van der Waals surface area contributed by atoms with Crippen molar-refractivity contribution < 1.29 is 32.9 Å². The van der Waals surface area contributed by atoms with Crippen molar-refractivity contribution in [3.05, 3.63) is 12.2 Å². The first-order valence-electron chi connectivity index (χ1n) is 33.5. The summed E-state index contributed by atoms with van der Waals surface area (Å²) in [6.07, 6.45) is 72.8. The lowest BCUT2D eigenvalue weighted by atomic mass is 10.0. The van der Waals surface area contributed by atoms with Gasteiger partial charge in [-0.3, -0.25) is 9.36 Å². The third-order valence-electron chi connectivity index (χ3n) is 15.8. The fourth-order valence-electron chi connectivity index (χ4n) is 10.5. The molecule has 0 aromatic carbocycles. The Morgan fingerprint density at radius 3 is 1.04 bits per heavy atom. The molecule has 0 radical (unpaired) electrons. The van der Waals surface area contributed by atoms with Crippen LogP contribution in [0, 0.1) is 0 Å². The van der Waals surface area contributed by atoms with Crippen LogP contribution in [0.5, 0.6) is 0 Å². The summed E-state index contributed by atoms with van der Waals surface area (Å²) < 4.78 is 23.5. The Balaban J connectivity index is 4.02. The van der Waals surface area contributed by atoms with Crippen molar-refractivity contribution in [2.45, 2.75) is 366 Å². The largest absolute Gasteiger partial charge is 0.756 e. The molecule has 1 amide bonds. The highest BCUT2D eigenvalue weighted by Crippen LogP contribution is 2.38. The van der Waals surface area contributed by atoms with E-state index in [4.69, 9.17) is 9.05 Å². The number of unbranched alkanes of at least 4 members (excludes halogenated alkanes) is 48. The molecule has 8 nitrogen and oxygen atoms in total. The molecule has 0 aromatic heterocycles. The minimum absolute atomic E-state index is 0.0154. The van der Waals surface area contributed by atoms with E-state index in [2.05, 4.69) is 31.3 Å². The van der Waals surface area contributed by atoms with Gasteiger partial charge >= 0.3 is 0 Å². The molecule has 0 aliphatic heterocycles. The van der Waals surface area contributed by atoms with Crippen molar-refractivity contribution in [1.82, 2.24) is 5.32 Å². The van der Waals surface area contributed by atoms with Gasteiger partial charge in [-0.15, -0.1) is 0 Å². The number of aliphatic hydroxyl groups excluding tert-OH is 1. The monoisotopic (exact) mass is 1080 g/mol. The second-order valence-electron chi connectivity index (χ2n) is 24.5. The number of allylic oxidation sites excluding steroid dienone is 2. The average molecular weight is 1080 g/mol. The average Bonchev–Trinajstić information content (AvgIpc) is 3.37. The van der Waals surface area contributed by atoms with E-state index in [0.29, 0.717) is 23.9 Å². The van der Waals surface area contributed by atoms with E-state index in [1.807, 2.05) is 21.1 Å². The normalized spacial score (nSPS) is 13.7. The van der Waals surface area contributed by atoms with Crippen LogP contribution in [0.15, 0.2) is 12.2 Å². The van der Waals surface area contributed by atoms with Gasteiger partial charge in [-0.25, -0.2) is 0 Å². The molecule has 0 saturated carbocycles. The summed E-state index contributed by atoms with van der Waals surface area (Å²) in [6, 6.07) is -0.799. The molecule has 0 rings (SSSR count). The fraction of sp³-hybridized carbons (Fsp3) is 0.955. The number of nitrogens with zero attached hydrogens (tertiary/aromatic N) is 1. The van der Waals surface area contributed by atoms with E-state index < -0.39 is 20.0 Å². The standard InChI is InChI=1S/C66H133N2O6P/c1-6-8-10-12-14-16-18-20-22-24-26-28-30-31-32-33-34-35-36-38-40-42-44-46-48-50-52-54-56-58-60-66(70)67-64(63-74-75(71,72)73-62-61-68(3,4)5)65(69)59-57-55-53-51-49-47-45-43-41-39-37-29-27-25-23-21-19-17-15-13-11-9-7-2/h31-32,64-65,69H,6-30,33-63H2,1-5H3,(H-,67,70,71,72)/b32-31-. The van der Waals surface area contributed by atoms with E-state index >= 15 is 0 Å². The molecule has 75 heavy (non-hydrogen) atoms. The lowest BCUT2D eigenvalue weighted by Crippen LogP contribution is -2.46. The number of phosphoric ester groups is 1. The number of rotatable bonds is 63. The molecule has 0 spiro atoms. The molecule has 3 unspecified atom stereocenters. The number of likely N-dealkylation sites (N-methyl/N-ethyl adjacent to an activating group) is 1. The minimum Gasteiger partial charge on any atom is -0.756 e. The molecule has 9 heteroatoms. The van der Waals surface area contributed by atoms with E-state index in [-0.39, 0.29) is 19.1 Å². The molecule has 0 aromatic rings. The van der Waals surface area contributed by atoms with Crippen LogP contribution in [-0.4, -0.2) is 68.5 Å². The number of phosphoric acid groups is 1. The van der Waals surface area contributed by atoms with Gasteiger partial charge in [0, 0.05) is 6.42 Å². The Bertz CT molecular complexity index is 1230. The Morgan fingerprint density at radius 1 is 0.453 bits per heavy atom. The van der Waals surface area contributed by atoms with Gasteiger partial charge in [0.1, 0.15) is 13.2 Å². The van der Waals surface area contributed by atoms with Crippen LogP contribution < -0.4 is 10.2 Å². The zero-order valence-electron chi connectivity index (χ0n) is 51.3. The Morgan fingerprint density at radius 2 is 0.733 bits per heavy atom. The smallest absolute Gasteiger partial charge is 0.268 e. The molecule has 0 heterocycles. The highest BCUT2D eigenvalue weighted by molar-refractivity contribution is 7.45. The summed E-state index contributed by atoms with van der Waals surface area (Å²) >= 11 is 0. The highest BCUT2D eigenvalue weighted by Gasteiger charge is 2.24. The Labute approximate surface area is 469 Å². The fourth-order valence-corrected chi connectivity index (χ4v) is 11.2. The van der Waals surface area contributed by atoms with Gasteiger partial charge in [0.2, 0.25) is 5.91 Å². The molecule has 0 saturated heterocycles. The first-order chi connectivity index (χ1) is 36.5. The molecule has 0 fully saturated rings. The first kappa shape index (κ1) is 74.2. The maximum Gasteiger partial charge on any atom is 0.268 e. The van der Waals surface area contributed by atoms with Crippen LogP contribution in [0.2, 0.25) is 0 Å². The van der Waals surface area contributed by atoms with E-state index in [1.54, 1.807) is 0 Å². The topological polar surface area (TPSA) is 108 Å². The van der Waals surface area contributed by atoms with Gasteiger partial charge in [-0.1, -0.05) is 321 Å². The summed E-state index contributed by atoms with van der Waals surface area (Å²) in [4.78, 5) is 25.6. The number of hydrogen-bond acceptors (Lipinski definition) is 6. The SMILES string of the molecule is CCCCCCCCCCCCCC/C=C\CCCCCCCCCCCCCCCCC(=O)NC(COP(=O)([O-])OCC[N+](C)(C)C)C(O)CCCCCCCCCCCCCCCCCCCCCCCCC. The van der Waals surface area contributed by atoms with E-state index in [1.165, 1.54) is 289 Å². The summed E-state index contributed by atoms with van der Waals surface area (Å²) in [6.45, 7) is 4.79. The third kappa shape index (κ3) is 60.7. The maximum atomic E-state index is 13.0. The predicted octanol–water partition coefficient (Wildman–Crippen LogP) is 20.3. The van der Waals surface area contributed by atoms with Crippen LogP contribution in [0.4, 0.5) is 0 Å². The van der Waals surface area contributed by atoms with Gasteiger partial charge in [0.25, 0.3) is 7.82 Å². The minimum atomic E-state index is -4.57. The zero-order chi connectivity index (χ0) is 54.9. The summed E-state index contributed by atoms with van der Waals surface area (Å²) in [5.74, 6) is -0.157. The van der Waals surface area contributed by atoms with Gasteiger partial charge in [0.15, 0.2) is 0 Å². The molecule has 3 atom stereocenters. The number of hydrogen-bond donors (Lipinski definition) is 2. The van der Waals surface area contributed by atoms with Crippen molar-refractivity contribution in [2.75, 3.05) is 40.9 Å². The maximum absolute atomic E-state index is 13.0. The molecule has 448 valence electrons. The molecule has 2 N–H and O–H groups in total. The highest BCUT2D eigenvalue weighted by atomic mass is 31.2. The number of aliphatic hydroxyl groups is 1. The second-order valence-corrected chi connectivity index (χ2v) is 25.9. The van der Waals surface area contributed by atoms with Crippen LogP contribution in [-0.2, 0) is 18.4 Å². The van der Waals surface area contributed by atoms with Crippen molar-refractivity contribution in [3.8, 4) is 0 Å². The van der Waals surface area contributed by atoms with Crippen LogP contribution in [0.1, 0.15) is 354 Å². The van der Waals surface area contributed by atoms with Gasteiger partial charge < -0.3 is 28.8 Å². The molecular formula is C66H133N2O6P. The van der Waals surface area contributed by atoms with Gasteiger partial charge in [0.05, 0.1) is 39.9 Å². The van der Waals surface area contributed by atoms with Gasteiger partial charge in [-0.05, 0) is 38.5 Å². The zero-order valence-corrected chi connectivity index (χ0v) is 52.2. The number of nitrogens with one attached hydrogen (secondary N) is 1. The second kappa shape index (κ2) is 57.9. The van der Waals surface area contributed by atoms with E-state index in [0.717, 1.165) is 38.5 Å². The number of quaternary nitrogens is 1. The van der Waals surface area contributed by atoms with Crippen molar-refractivity contribution in [2.24, 2.45) is 0 Å². The number of carbonyl (C=O) groups is 1. The molecule has 0 aliphatic carbocycles. The van der Waals surface area contributed by atoms with Crippen molar-refractivity contribution >= 4 is 13.7 Å². The summed E-state index contributed by atoms with van der Waals surface area (Å²) in [5.41, 5.74) is 0. The molecular weight excluding hydrogens is 948 g/mol. The van der Waals surface area contributed by atoms with Crippen LogP contribution in [0.3, 0.4) is 0 Å². The molecule has 0 bridgehead atoms. The first-order valence-corrected chi connectivity index (χ1v) is 35.0. The Kier molecular flexibility index (Phi) is 57.3. The number of carbonyl (C=O) groups excluding carboxylic acids is 1. The third-order valence-corrected chi connectivity index (χ3v) is 16.7. The van der Waals surface area contributed by atoms with Crippen LogP contribution >= 0.6 is 7.82 Å². The molecule has 0 aliphatic rings. The summed E-state index contributed by atoms with van der Waals surface area (Å²) in [5, 5.41) is 14.1. The van der Waals surface area contributed by atoms with Crippen molar-refractivity contribution in [1.29, 1.82) is 0 Å². The number of amides is 1. The predicted molar refractivity (Wildman–Crippen MR) is 326 cm³/mol.